The minimum atomic E-state index is -0.217. The van der Waals surface area contributed by atoms with Crippen LogP contribution in [0.1, 0.15) is 25.1 Å². The summed E-state index contributed by atoms with van der Waals surface area (Å²) < 4.78 is 2.58. The maximum atomic E-state index is 5.17. The first-order valence-electron chi connectivity index (χ1n) is 16.7. The van der Waals surface area contributed by atoms with E-state index in [1.807, 2.05) is 6.07 Å². The van der Waals surface area contributed by atoms with Crippen LogP contribution in [0, 0.1) is 0 Å². The fourth-order valence-corrected chi connectivity index (χ4v) is 8.86. The lowest BCUT2D eigenvalue weighted by Crippen LogP contribution is -2.18. The molecule has 224 valence electrons. The molecular formula is C45H29N3. The van der Waals surface area contributed by atoms with Crippen molar-refractivity contribution in [2.24, 2.45) is 0 Å². The molecule has 1 aliphatic carbocycles. The van der Waals surface area contributed by atoms with E-state index in [9.17, 15) is 0 Å². The predicted molar refractivity (Wildman–Crippen MR) is 200 cm³/mol. The van der Waals surface area contributed by atoms with Gasteiger partial charge in [-0.05, 0) is 56.9 Å². The lowest BCUT2D eigenvalue weighted by atomic mass is 9.82. The van der Waals surface area contributed by atoms with Gasteiger partial charge in [0.1, 0.15) is 0 Å². The summed E-state index contributed by atoms with van der Waals surface area (Å²) in [5.74, 6) is 0.747. The van der Waals surface area contributed by atoms with Gasteiger partial charge in [-0.1, -0.05) is 129 Å². The minimum absolute atomic E-state index is 0.217. The van der Waals surface area contributed by atoms with Gasteiger partial charge >= 0.3 is 0 Å². The van der Waals surface area contributed by atoms with Crippen molar-refractivity contribution in [3.8, 4) is 33.8 Å². The zero-order valence-electron chi connectivity index (χ0n) is 26.6. The van der Waals surface area contributed by atoms with Gasteiger partial charge in [-0.3, -0.25) is 0 Å². The Morgan fingerprint density at radius 3 is 2.15 bits per heavy atom. The Kier molecular flexibility index (Phi) is 4.91. The molecule has 48 heavy (non-hydrogen) atoms. The van der Waals surface area contributed by atoms with Gasteiger partial charge in [-0.2, -0.15) is 0 Å². The topological polar surface area (TPSA) is 30.2 Å². The van der Waals surface area contributed by atoms with E-state index in [2.05, 4.69) is 152 Å². The molecule has 0 aliphatic heterocycles. The molecule has 0 amide bonds. The number of aromatic nitrogens is 3. The summed E-state index contributed by atoms with van der Waals surface area (Å²) in [5, 5.41) is 10.2. The van der Waals surface area contributed by atoms with Crippen molar-refractivity contribution in [3.05, 3.63) is 151 Å². The Hall–Kier alpha value is -6.06. The molecule has 1 aliphatic rings. The number of fused-ring (bicyclic) bond motifs is 13. The van der Waals surface area contributed by atoms with Crippen LogP contribution in [-0.2, 0) is 5.41 Å². The lowest BCUT2D eigenvalue weighted by molar-refractivity contribution is 0.639. The number of rotatable bonds is 2. The highest BCUT2D eigenvalue weighted by Crippen LogP contribution is 2.57. The number of hydrogen-bond acceptors (Lipinski definition) is 2. The zero-order chi connectivity index (χ0) is 31.7. The van der Waals surface area contributed by atoms with Gasteiger partial charge in [0, 0.05) is 49.3 Å². The van der Waals surface area contributed by atoms with Crippen molar-refractivity contribution in [1.82, 2.24) is 14.4 Å². The van der Waals surface area contributed by atoms with Crippen molar-refractivity contribution < 1.29 is 0 Å². The van der Waals surface area contributed by atoms with Crippen LogP contribution in [0.3, 0.4) is 0 Å². The van der Waals surface area contributed by atoms with Crippen LogP contribution < -0.4 is 0 Å². The van der Waals surface area contributed by atoms with E-state index in [1.165, 1.54) is 71.1 Å². The van der Waals surface area contributed by atoms with Gasteiger partial charge in [-0.15, -0.1) is 0 Å². The summed E-state index contributed by atoms with van der Waals surface area (Å²) in [5.41, 5.74) is 11.9. The Morgan fingerprint density at radius 1 is 0.542 bits per heavy atom. The smallest absolute Gasteiger partial charge is 0.160 e. The first kappa shape index (κ1) is 26.1. The molecule has 0 saturated heterocycles. The molecular weight excluding hydrogens is 583 g/mol. The molecule has 0 spiro atoms. The lowest BCUT2D eigenvalue weighted by Gasteiger charge is -2.24. The van der Waals surface area contributed by atoms with Gasteiger partial charge in [0.15, 0.2) is 5.82 Å². The molecule has 3 heterocycles. The fraction of sp³-hybridized carbons (Fsp3) is 0.0667. The van der Waals surface area contributed by atoms with Crippen LogP contribution in [0.5, 0.6) is 0 Å². The molecule has 3 heteroatoms. The van der Waals surface area contributed by atoms with Crippen molar-refractivity contribution in [2.75, 3.05) is 0 Å². The van der Waals surface area contributed by atoms with E-state index in [-0.39, 0.29) is 5.41 Å². The maximum Gasteiger partial charge on any atom is 0.160 e. The second-order valence-electron chi connectivity index (χ2n) is 13.8. The Labute approximate surface area is 277 Å². The largest absolute Gasteiger partial charge is 0.311 e. The second kappa shape index (κ2) is 9.05. The van der Waals surface area contributed by atoms with Crippen LogP contribution in [0.2, 0.25) is 0 Å². The third-order valence-corrected chi connectivity index (χ3v) is 10.8. The van der Waals surface area contributed by atoms with Gasteiger partial charge in [-0.25, -0.2) is 9.97 Å². The molecule has 0 unspecified atom stereocenters. The third kappa shape index (κ3) is 3.23. The van der Waals surface area contributed by atoms with Crippen LogP contribution in [-0.4, -0.2) is 14.4 Å². The summed E-state index contributed by atoms with van der Waals surface area (Å²) >= 11 is 0. The van der Waals surface area contributed by atoms with Gasteiger partial charge in [0.05, 0.1) is 22.2 Å². The van der Waals surface area contributed by atoms with Crippen LogP contribution in [0.4, 0.5) is 0 Å². The molecule has 10 aromatic rings. The first-order valence-corrected chi connectivity index (χ1v) is 16.7. The van der Waals surface area contributed by atoms with Crippen molar-refractivity contribution in [1.29, 1.82) is 0 Å². The Bertz CT molecular complexity index is 2970. The first-order chi connectivity index (χ1) is 23.6. The summed E-state index contributed by atoms with van der Waals surface area (Å²) in [6.07, 6.45) is 0. The number of para-hydroxylation sites is 2. The van der Waals surface area contributed by atoms with Crippen LogP contribution in [0.25, 0.3) is 93.4 Å². The van der Waals surface area contributed by atoms with Gasteiger partial charge in [0.25, 0.3) is 0 Å². The number of benzene rings is 7. The van der Waals surface area contributed by atoms with Crippen molar-refractivity contribution >= 4 is 59.6 Å². The maximum absolute atomic E-state index is 5.17. The standard InChI is InChI=1S/C45H29N3/c1-45(2)40-31-22-21-29(44-46-36-18-10-8-16-32(36)41(47-44)26-12-4-3-5-13-26)24-28(31)20-23-34(40)39-35-25-27-14-6-7-15-30(27)38-33-17-9-11-19-37(33)48(42(35)38)43(39)45/h3-25H,1-2H3. The Morgan fingerprint density at radius 2 is 1.27 bits per heavy atom. The fourth-order valence-electron chi connectivity index (χ4n) is 8.86. The SMILES string of the molecule is CC1(C)c2c(ccc3cc(-c4nc(-c5ccccc5)c5ccccc5n4)ccc23)-c2c1n1c3ccccc3c3c4ccccc4cc2c31. The van der Waals surface area contributed by atoms with E-state index in [1.54, 1.807) is 0 Å². The van der Waals surface area contributed by atoms with E-state index >= 15 is 0 Å². The van der Waals surface area contributed by atoms with Crippen LogP contribution >= 0.6 is 0 Å². The molecule has 0 radical (unpaired) electrons. The second-order valence-corrected chi connectivity index (χ2v) is 13.8. The summed E-state index contributed by atoms with van der Waals surface area (Å²) in [7, 11) is 0. The molecule has 11 rings (SSSR count). The zero-order valence-corrected chi connectivity index (χ0v) is 26.6. The minimum Gasteiger partial charge on any atom is -0.311 e. The molecule has 0 atom stereocenters. The molecule has 3 nitrogen and oxygen atoms in total. The van der Waals surface area contributed by atoms with Gasteiger partial charge in [0.2, 0.25) is 0 Å². The number of hydrogen-bond donors (Lipinski definition) is 0. The monoisotopic (exact) mass is 611 g/mol. The van der Waals surface area contributed by atoms with Crippen molar-refractivity contribution in [2.45, 2.75) is 19.3 Å². The molecule has 3 aromatic heterocycles. The molecule has 7 aromatic carbocycles. The van der Waals surface area contributed by atoms with E-state index < -0.39 is 0 Å². The Balaban J connectivity index is 1.16. The average Bonchev–Trinajstić information content (AvgIpc) is 3.74. The average molecular weight is 612 g/mol. The van der Waals surface area contributed by atoms with Crippen LogP contribution in [0.15, 0.2) is 140 Å². The summed E-state index contributed by atoms with van der Waals surface area (Å²) in [6, 6.07) is 50.4. The summed E-state index contributed by atoms with van der Waals surface area (Å²) in [4.78, 5) is 10.2. The third-order valence-electron chi connectivity index (χ3n) is 10.8. The van der Waals surface area contributed by atoms with E-state index in [4.69, 9.17) is 9.97 Å². The molecule has 0 fully saturated rings. The highest BCUT2D eigenvalue weighted by Gasteiger charge is 2.42. The predicted octanol–water partition coefficient (Wildman–Crippen LogP) is 11.6. The highest BCUT2D eigenvalue weighted by molar-refractivity contribution is 6.29. The van der Waals surface area contributed by atoms with Gasteiger partial charge < -0.3 is 4.40 Å². The molecule has 0 N–H and O–H groups in total. The number of nitrogens with zero attached hydrogens (tertiary/aromatic N) is 3. The van der Waals surface area contributed by atoms with Crippen molar-refractivity contribution in [3.63, 3.8) is 0 Å². The molecule has 0 bridgehead atoms. The highest BCUT2D eigenvalue weighted by atomic mass is 15.0. The van der Waals surface area contributed by atoms with E-state index in [0.29, 0.717) is 0 Å². The van der Waals surface area contributed by atoms with E-state index in [0.717, 1.165) is 33.5 Å². The summed E-state index contributed by atoms with van der Waals surface area (Å²) in [6.45, 7) is 4.82. The quantitative estimate of drug-likeness (QED) is 0.195. The normalized spacial score (nSPS) is 13.8. The molecule has 0 saturated carbocycles.